The molecule has 7 aromatic rings. The summed E-state index contributed by atoms with van der Waals surface area (Å²) < 4.78 is 67.4. The Kier molecular flexibility index (Phi) is 14.5. The van der Waals surface area contributed by atoms with Crippen LogP contribution in [0.3, 0.4) is 0 Å². The van der Waals surface area contributed by atoms with Gasteiger partial charge < -0.3 is 40.8 Å². The molecule has 69 heavy (non-hydrogen) atoms. The molecule has 0 spiro atoms. The smallest absolute Gasteiger partial charge is 0.294 e. The molecule has 5 heterocycles. The fourth-order valence-corrected chi connectivity index (χ4v) is 9.38. The van der Waals surface area contributed by atoms with Crippen LogP contribution >= 0.6 is 0 Å². The van der Waals surface area contributed by atoms with Crippen LogP contribution in [-0.2, 0) is 33.1 Å². The zero-order chi connectivity index (χ0) is 49.0. The van der Waals surface area contributed by atoms with E-state index in [2.05, 4.69) is 15.3 Å². The summed E-state index contributed by atoms with van der Waals surface area (Å²) in [5, 5.41) is 47.5. The first-order chi connectivity index (χ1) is 33.0. The number of likely N-dealkylation sites (N-methyl/N-ethyl adjacent to an activating group) is 1. The minimum Gasteiger partial charge on any atom is -0.394 e. The van der Waals surface area contributed by atoms with Crippen LogP contribution in [-0.4, -0.2) is 116 Å². The maximum absolute atomic E-state index is 12.0. The topological polar surface area (TPSA) is 279 Å². The van der Waals surface area contributed by atoms with Gasteiger partial charge in [-0.1, -0.05) is 84.9 Å². The molecule has 0 aliphatic carbocycles. The summed E-state index contributed by atoms with van der Waals surface area (Å²) in [6, 6.07) is 40.1. The highest BCUT2D eigenvalue weighted by Gasteiger charge is 2.29. The van der Waals surface area contributed by atoms with Crippen molar-refractivity contribution in [2.45, 2.75) is 47.0 Å². The third-order valence-corrected chi connectivity index (χ3v) is 13.5. The van der Waals surface area contributed by atoms with Crippen LogP contribution in [0.5, 0.6) is 0 Å². The number of aryl methyl sites for hydroxylation is 2. The zero-order valence-corrected chi connectivity index (χ0v) is 38.6. The first-order valence-corrected chi connectivity index (χ1v) is 24.6. The van der Waals surface area contributed by atoms with Crippen molar-refractivity contribution in [1.82, 2.24) is 25.3 Å². The number of nitrogens with one attached hydrogen (secondary N) is 3. The predicted octanol–water partition coefficient (Wildman–Crippen LogP) is 6.07. The minimum absolute atomic E-state index is 0.0936. The molecule has 0 amide bonds. The molecule has 4 aromatic carbocycles. The van der Waals surface area contributed by atoms with Gasteiger partial charge in [-0.15, -0.1) is 0 Å². The van der Waals surface area contributed by atoms with E-state index in [1.165, 1.54) is 24.3 Å². The van der Waals surface area contributed by atoms with E-state index in [1.54, 1.807) is 31.3 Å². The SMILES string of the molecule is CNC[C@H](O)[C@@H](O)[C@H](O)[C@H](O)CO.O=S(=O)(O)c1ccc(-c2c3nc(c(-c4ccc(S(=O)(=O)O)cc4)c4ccc([nH]4)c(-c4ccccc4)c4nc(c(-c5ccccc5)c5ccc2[nH]5)C=C4)CC3)cc1. The second kappa shape index (κ2) is 20.5. The van der Waals surface area contributed by atoms with Gasteiger partial charge in [-0.05, 0) is 103 Å². The Morgan fingerprint density at radius 1 is 0.507 bits per heavy atom. The van der Waals surface area contributed by atoms with Crippen LogP contribution in [0.1, 0.15) is 22.8 Å². The Hall–Kier alpha value is -6.68. The Morgan fingerprint density at radius 2 is 0.870 bits per heavy atom. The average molecular weight is 972 g/mol. The van der Waals surface area contributed by atoms with Gasteiger partial charge in [-0.2, -0.15) is 16.8 Å². The fourth-order valence-electron chi connectivity index (χ4n) is 8.42. The normalized spacial score (nSPS) is 14.4. The lowest BCUT2D eigenvalue weighted by molar-refractivity contribution is -0.113. The quantitative estimate of drug-likeness (QED) is 0.0623. The highest BCUT2D eigenvalue weighted by Crippen LogP contribution is 2.38. The molecule has 3 aromatic heterocycles. The second-order valence-corrected chi connectivity index (χ2v) is 19.2. The molecule has 0 radical (unpaired) electrons. The van der Waals surface area contributed by atoms with Crippen molar-refractivity contribution >= 4 is 54.5 Å². The second-order valence-electron chi connectivity index (χ2n) is 16.4. The van der Waals surface area contributed by atoms with Gasteiger partial charge in [0, 0.05) is 50.9 Å². The van der Waals surface area contributed by atoms with Gasteiger partial charge in [-0.25, -0.2) is 4.98 Å². The minimum atomic E-state index is -4.42. The number of aromatic amines is 2. The van der Waals surface area contributed by atoms with Gasteiger partial charge in [-0.3, -0.25) is 14.1 Å². The first-order valence-electron chi connectivity index (χ1n) is 21.8. The van der Waals surface area contributed by atoms with E-state index >= 15 is 0 Å². The van der Waals surface area contributed by atoms with E-state index < -0.39 is 51.3 Å². The first kappa shape index (κ1) is 48.8. The Balaban J connectivity index is 0.000000434. The highest BCUT2D eigenvalue weighted by molar-refractivity contribution is 7.86. The van der Waals surface area contributed by atoms with Crippen LogP contribution in [0.25, 0.3) is 78.7 Å². The molecule has 2 aliphatic rings. The Morgan fingerprint density at radius 3 is 1.23 bits per heavy atom. The van der Waals surface area contributed by atoms with E-state index in [0.717, 1.165) is 78.2 Å². The largest absolute Gasteiger partial charge is 0.394 e. The zero-order valence-electron chi connectivity index (χ0n) is 37.0. The van der Waals surface area contributed by atoms with E-state index in [1.807, 2.05) is 97.1 Å². The number of H-pyrrole nitrogens is 2. The molecule has 10 N–H and O–H groups in total. The summed E-state index contributed by atoms with van der Waals surface area (Å²) in [7, 11) is -7.27. The maximum atomic E-state index is 12.0. The molecule has 0 fully saturated rings. The highest BCUT2D eigenvalue weighted by atomic mass is 32.2. The van der Waals surface area contributed by atoms with Crippen molar-refractivity contribution in [3.8, 4) is 44.5 Å². The number of hydrogen-bond donors (Lipinski definition) is 10. The van der Waals surface area contributed by atoms with Gasteiger partial charge in [0.15, 0.2) is 0 Å². The van der Waals surface area contributed by atoms with Crippen LogP contribution in [0.4, 0.5) is 0 Å². The lowest BCUT2D eigenvalue weighted by Crippen LogP contribution is -2.48. The third-order valence-electron chi connectivity index (χ3n) is 11.8. The number of rotatable bonds is 12. The summed E-state index contributed by atoms with van der Waals surface area (Å²) in [6.07, 6.45) is -0.562. The standard InChI is InChI=1S/C44H32N4O6S2.C7H17NO5/c49-55(50,51)31-15-11-29(12-16-31)43-37-23-21-35(46-37)41(27-7-3-1-4-8-27)33-19-20-34(45-33)42(28-9-5-2-6-10-28)36-22-24-38(47-36)44(40-26-25-39(43)48-40)30-13-17-32(18-14-30)56(52,53)54;1-8-2-4(10)6(12)7(13)5(11)3-9/h1-24,46-47H,25-26H2,(H,49,50,51)(H,52,53,54);4-13H,2-3H2,1H3/t;4-,5+,6+,7+/m.0/s1. The van der Waals surface area contributed by atoms with E-state index in [-0.39, 0.29) is 16.3 Å². The van der Waals surface area contributed by atoms with Crippen LogP contribution in [0.15, 0.2) is 143 Å². The molecule has 16 nitrogen and oxygen atoms in total. The molecule has 9 rings (SSSR count). The Labute approximate surface area is 397 Å². The van der Waals surface area contributed by atoms with Crippen molar-refractivity contribution < 1.29 is 51.5 Å². The monoisotopic (exact) mass is 971 g/mol. The number of benzene rings is 4. The number of aromatic nitrogens is 4. The van der Waals surface area contributed by atoms with Crippen molar-refractivity contribution in [1.29, 1.82) is 0 Å². The number of hydrogen-bond acceptors (Lipinski definition) is 12. The van der Waals surface area contributed by atoms with Crippen LogP contribution in [0.2, 0.25) is 0 Å². The van der Waals surface area contributed by atoms with Gasteiger partial charge in [0.05, 0.1) is 45.3 Å². The van der Waals surface area contributed by atoms with Gasteiger partial charge in [0.2, 0.25) is 0 Å². The van der Waals surface area contributed by atoms with E-state index in [4.69, 9.17) is 30.4 Å². The van der Waals surface area contributed by atoms with Gasteiger partial charge in [0.25, 0.3) is 20.2 Å². The predicted molar refractivity (Wildman–Crippen MR) is 264 cm³/mol. The molecular weight excluding hydrogens is 923 g/mol. The summed E-state index contributed by atoms with van der Waals surface area (Å²) in [6.45, 7) is -0.569. The molecular formula is C51H49N5O11S2. The van der Waals surface area contributed by atoms with Gasteiger partial charge >= 0.3 is 0 Å². The van der Waals surface area contributed by atoms with Crippen LogP contribution in [0, 0.1) is 0 Å². The number of aliphatic hydroxyl groups excluding tert-OH is 5. The van der Waals surface area contributed by atoms with E-state index in [0.29, 0.717) is 24.0 Å². The molecule has 0 saturated carbocycles. The molecule has 2 aliphatic heterocycles. The molecule has 4 atom stereocenters. The number of fused-ring (bicyclic) bond motifs is 8. The van der Waals surface area contributed by atoms with E-state index in [9.17, 15) is 31.0 Å². The molecule has 18 heteroatoms. The average Bonchev–Trinajstić information content (AvgIpc) is 4.20. The van der Waals surface area contributed by atoms with Crippen molar-refractivity contribution in [2.75, 3.05) is 20.2 Å². The lowest BCUT2D eigenvalue weighted by atomic mass is 10.0. The lowest BCUT2D eigenvalue weighted by Gasteiger charge is -2.25. The van der Waals surface area contributed by atoms with Crippen LogP contribution < -0.4 is 5.32 Å². The Bertz CT molecular complexity index is 3190. The summed E-state index contributed by atoms with van der Waals surface area (Å²) >= 11 is 0. The summed E-state index contributed by atoms with van der Waals surface area (Å²) in [5.41, 5.74) is 12.7. The van der Waals surface area contributed by atoms with Crippen molar-refractivity contribution in [3.63, 3.8) is 0 Å². The summed E-state index contributed by atoms with van der Waals surface area (Å²) in [5.74, 6) is 0. The fraction of sp³-hybridized carbons (Fsp3) is 0.176. The molecule has 0 saturated heterocycles. The molecule has 0 unspecified atom stereocenters. The third kappa shape index (κ3) is 10.7. The number of nitrogens with zero attached hydrogens (tertiary/aromatic N) is 2. The molecule has 8 bridgehead atoms. The number of aliphatic hydroxyl groups is 5. The maximum Gasteiger partial charge on any atom is 0.294 e. The van der Waals surface area contributed by atoms with Crippen molar-refractivity contribution in [2.24, 2.45) is 0 Å². The molecule has 356 valence electrons. The van der Waals surface area contributed by atoms with Crippen molar-refractivity contribution in [3.05, 3.63) is 156 Å². The van der Waals surface area contributed by atoms with Gasteiger partial charge in [0.1, 0.15) is 18.3 Å². The summed E-state index contributed by atoms with van der Waals surface area (Å²) in [4.78, 5) is 17.4.